The van der Waals surface area contributed by atoms with E-state index < -0.39 is 0 Å². The number of rotatable bonds is 13. The van der Waals surface area contributed by atoms with E-state index in [1.54, 1.807) is 30.9 Å². The lowest BCUT2D eigenvalue weighted by Gasteiger charge is -2.12. The van der Waals surface area contributed by atoms with Crippen LogP contribution in [0.25, 0.3) is 22.5 Å². The van der Waals surface area contributed by atoms with E-state index in [9.17, 15) is 0 Å². The van der Waals surface area contributed by atoms with Gasteiger partial charge >= 0.3 is 0 Å². The Kier molecular flexibility index (Phi) is 12.8. The van der Waals surface area contributed by atoms with Crippen molar-refractivity contribution in [2.45, 2.75) is 26.7 Å². The molecule has 4 N–H and O–H groups in total. The molecule has 0 aliphatic carbocycles. The lowest BCUT2D eigenvalue weighted by atomic mass is 10.0. The van der Waals surface area contributed by atoms with Crippen molar-refractivity contribution in [2.24, 2.45) is 11.5 Å². The zero-order valence-corrected chi connectivity index (χ0v) is 26.0. The lowest BCUT2D eigenvalue weighted by molar-refractivity contribution is 0.999. The summed E-state index contributed by atoms with van der Waals surface area (Å²) in [5.41, 5.74) is 18.0. The predicted molar refractivity (Wildman–Crippen MR) is 185 cm³/mol. The molecule has 3 heterocycles. The number of aromatic nitrogens is 7. The maximum Gasteiger partial charge on any atom is 0.164 e. The molecule has 0 amide bonds. The van der Waals surface area contributed by atoms with Gasteiger partial charge in [-0.1, -0.05) is 85.0 Å². The number of allylic oxidation sites excluding steroid dienone is 14. The van der Waals surface area contributed by atoms with Crippen LogP contribution in [-0.4, -0.2) is 35.3 Å². The largest absolute Gasteiger partial charge is 0.405 e. The van der Waals surface area contributed by atoms with Crippen LogP contribution in [0, 0.1) is 0 Å². The fraction of sp³-hybridized carbons (Fsp3) is 0.108. The van der Waals surface area contributed by atoms with Gasteiger partial charge in [-0.15, -0.1) is 0 Å². The average molecular weight is 608 g/mol. The SMILES string of the molecule is CC=C(C=CC=CCc1ccnnc1)c1nc(C(C=CC=CCc2ccnnc2)=C(C)C(C=CN)=CN)nc(-c2ccccc2)n1. The van der Waals surface area contributed by atoms with Gasteiger partial charge in [0.25, 0.3) is 0 Å². The first-order valence-electron chi connectivity index (χ1n) is 14.8. The zero-order chi connectivity index (χ0) is 32.4. The molecule has 0 aliphatic heterocycles. The molecule has 0 unspecified atom stereocenters. The molecule has 0 radical (unpaired) electrons. The van der Waals surface area contributed by atoms with Crippen LogP contribution in [0.3, 0.4) is 0 Å². The maximum absolute atomic E-state index is 6.02. The van der Waals surface area contributed by atoms with Crippen LogP contribution >= 0.6 is 0 Å². The Balaban J connectivity index is 1.74. The minimum Gasteiger partial charge on any atom is -0.405 e. The van der Waals surface area contributed by atoms with Gasteiger partial charge in [0, 0.05) is 35.3 Å². The molecule has 0 saturated carbocycles. The molecule has 0 bridgehead atoms. The minimum atomic E-state index is 0.502. The fourth-order valence-electron chi connectivity index (χ4n) is 4.33. The lowest BCUT2D eigenvalue weighted by Crippen LogP contribution is -2.06. The van der Waals surface area contributed by atoms with E-state index in [4.69, 9.17) is 26.4 Å². The molecule has 4 rings (SSSR count). The highest BCUT2D eigenvalue weighted by Crippen LogP contribution is 2.27. The molecule has 0 spiro atoms. The number of nitrogens with zero attached hydrogens (tertiary/aromatic N) is 7. The summed E-state index contributed by atoms with van der Waals surface area (Å²) in [6.45, 7) is 3.93. The molecule has 0 aliphatic rings. The van der Waals surface area contributed by atoms with Crippen LogP contribution in [0.15, 0.2) is 152 Å². The van der Waals surface area contributed by atoms with Crippen molar-refractivity contribution in [3.63, 3.8) is 0 Å². The molecule has 0 saturated heterocycles. The third-order valence-electron chi connectivity index (χ3n) is 6.80. The molecule has 4 aromatic rings. The van der Waals surface area contributed by atoms with E-state index in [-0.39, 0.29) is 0 Å². The molecule has 0 fully saturated rings. The summed E-state index contributed by atoms with van der Waals surface area (Å²) in [5.74, 6) is 1.60. The van der Waals surface area contributed by atoms with Crippen LogP contribution in [0.2, 0.25) is 0 Å². The van der Waals surface area contributed by atoms with E-state index in [0.717, 1.165) is 51.8 Å². The topological polar surface area (TPSA) is 142 Å². The van der Waals surface area contributed by atoms with Crippen molar-refractivity contribution >= 4 is 11.1 Å². The quantitative estimate of drug-likeness (QED) is 0.167. The molecular formula is C37H37N9. The molecule has 9 nitrogen and oxygen atoms in total. The van der Waals surface area contributed by atoms with Crippen molar-refractivity contribution in [3.05, 3.63) is 174 Å². The Hall–Kier alpha value is -6.09. The van der Waals surface area contributed by atoms with Crippen LogP contribution in [-0.2, 0) is 12.8 Å². The first-order chi connectivity index (χ1) is 22.6. The van der Waals surface area contributed by atoms with Crippen molar-refractivity contribution in [1.82, 2.24) is 35.3 Å². The van der Waals surface area contributed by atoms with Crippen LogP contribution in [0.5, 0.6) is 0 Å². The summed E-state index contributed by atoms with van der Waals surface area (Å²) in [6, 6.07) is 13.7. The summed E-state index contributed by atoms with van der Waals surface area (Å²) >= 11 is 0. The standard InChI is InChI=1S/C37H37N9/c1-3-31(15-9-4-7-13-29-20-23-40-42-26-29)35-44-36(32-16-10-6-11-17-32)46-37(45-35)34(28(2)33(25-39)19-22-38)18-12-5-8-14-30-21-24-41-43-27-30/h3-12,15-27H,13-14,38-39H2,1-2H3. The Morgan fingerprint density at radius 3 is 1.89 bits per heavy atom. The van der Waals surface area contributed by atoms with Gasteiger partial charge in [0.2, 0.25) is 0 Å². The van der Waals surface area contributed by atoms with Gasteiger partial charge in [0.15, 0.2) is 17.5 Å². The Labute approximate surface area is 270 Å². The molecule has 0 atom stereocenters. The molecule has 3 aromatic heterocycles. The first-order valence-corrected chi connectivity index (χ1v) is 14.8. The highest BCUT2D eigenvalue weighted by atomic mass is 15.1. The Morgan fingerprint density at radius 2 is 1.33 bits per heavy atom. The summed E-state index contributed by atoms with van der Waals surface area (Å²) in [7, 11) is 0. The van der Waals surface area contributed by atoms with Crippen molar-refractivity contribution in [1.29, 1.82) is 0 Å². The van der Waals surface area contributed by atoms with Crippen molar-refractivity contribution in [3.8, 4) is 11.4 Å². The van der Waals surface area contributed by atoms with Crippen LogP contribution in [0.1, 0.15) is 36.6 Å². The second kappa shape index (κ2) is 17.9. The predicted octanol–water partition coefficient (Wildman–Crippen LogP) is 6.32. The van der Waals surface area contributed by atoms with Gasteiger partial charge in [-0.25, -0.2) is 15.0 Å². The summed E-state index contributed by atoms with van der Waals surface area (Å²) in [5, 5.41) is 15.5. The monoisotopic (exact) mass is 607 g/mol. The van der Waals surface area contributed by atoms with Crippen LogP contribution < -0.4 is 11.5 Å². The highest BCUT2D eigenvalue weighted by Gasteiger charge is 2.15. The van der Waals surface area contributed by atoms with E-state index >= 15 is 0 Å². The van der Waals surface area contributed by atoms with Gasteiger partial charge in [0.05, 0.1) is 12.4 Å². The van der Waals surface area contributed by atoms with E-state index in [1.165, 1.54) is 12.4 Å². The normalized spacial score (nSPS) is 13.5. The number of nitrogens with two attached hydrogens (primary N) is 2. The van der Waals surface area contributed by atoms with Crippen molar-refractivity contribution < 1.29 is 0 Å². The Morgan fingerprint density at radius 1 is 0.696 bits per heavy atom. The Bertz CT molecular complexity index is 1800. The molecule has 9 heteroatoms. The number of benzene rings is 1. The second-order valence-corrected chi connectivity index (χ2v) is 9.92. The van der Waals surface area contributed by atoms with E-state index in [1.807, 2.05) is 98.8 Å². The molecule has 1 aromatic carbocycles. The van der Waals surface area contributed by atoms with Crippen molar-refractivity contribution in [2.75, 3.05) is 0 Å². The van der Waals surface area contributed by atoms with Gasteiger partial charge < -0.3 is 11.5 Å². The second-order valence-electron chi connectivity index (χ2n) is 9.92. The smallest absolute Gasteiger partial charge is 0.164 e. The third-order valence-corrected chi connectivity index (χ3v) is 6.80. The molecule has 230 valence electrons. The van der Waals surface area contributed by atoms with E-state index in [0.29, 0.717) is 17.5 Å². The highest BCUT2D eigenvalue weighted by molar-refractivity contribution is 5.79. The molecular weight excluding hydrogens is 570 g/mol. The first kappa shape index (κ1) is 32.8. The van der Waals surface area contributed by atoms with Gasteiger partial charge in [0.1, 0.15) is 0 Å². The summed E-state index contributed by atoms with van der Waals surface area (Å²) in [4.78, 5) is 14.8. The molecule has 46 heavy (non-hydrogen) atoms. The number of hydrogen-bond donors (Lipinski definition) is 2. The minimum absolute atomic E-state index is 0.502. The maximum atomic E-state index is 6.02. The zero-order valence-electron chi connectivity index (χ0n) is 26.0. The van der Waals surface area contributed by atoms with Gasteiger partial charge in [-0.3, -0.25) is 0 Å². The van der Waals surface area contributed by atoms with Crippen LogP contribution in [0.4, 0.5) is 0 Å². The van der Waals surface area contributed by atoms with Gasteiger partial charge in [-0.2, -0.15) is 20.4 Å². The number of hydrogen-bond acceptors (Lipinski definition) is 9. The van der Waals surface area contributed by atoms with Gasteiger partial charge in [-0.05, 0) is 73.4 Å². The summed E-state index contributed by atoms with van der Waals surface area (Å²) in [6.07, 6.45) is 31.0. The fourth-order valence-corrected chi connectivity index (χ4v) is 4.33. The summed E-state index contributed by atoms with van der Waals surface area (Å²) < 4.78 is 0. The third kappa shape index (κ3) is 9.72. The van der Waals surface area contributed by atoms with E-state index in [2.05, 4.69) is 32.5 Å². The average Bonchev–Trinajstić information content (AvgIpc) is 3.11.